The molecule has 2 aromatic rings. The quantitative estimate of drug-likeness (QED) is 0.884. The van der Waals surface area contributed by atoms with Gasteiger partial charge in [-0.1, -0.05) is 37.3 Å². The normalized spacial score (nSPS) is 13.4. The molecule has 0 saturated carbocycles. The summed E-state index contributed by atoms with van der Waals surface area (Å²) in [6.45, 7) is 4.98. The van der Waals surface area contributed by atoms with E-state index in [1.54, 1.807) is 51.1 Å². The molecule has 1 amide bonds. The molecular weight excluding hydrogens is 284 g/mol. The third-order valence-corrected chi connectivity index (χ3v) is 3.60. The van der Waals surface area contributed by atoms with Gasteiger partial charge in [-0.25, -0.2) is 9.78 Å². The number of carboxylic acid groups (broad SMARTS) is 1. The molecule has 6 heteroatoms. The van der Waals surface area contributed by atoms with Gasteiger partial charge >= 0.3 is 5.97 Å². The standard InChI is InChI=1S/C16H18N2O4/c1-4-16(15(20)21,12-8-6-5-7-9-12)18-14(19)13-10(2)17-11(3)22-13/h5-9H,4H2,1-3H3,(H,18,19)(H,20,21). The van der Waals surface area contributed by atoms with Crippen LogP contribution in [0.4, 0.5) is 0 Å². The predicted molar refractivity (Wildman–Crippen MR) is 79.5 cm³/mol. The van der Waals surface area contributed by atoms with Crippen LogP contribution in [0.5, 0.6) is 0 Å². The molecule has 116 valence electrons. The number of aliphatic carboxylic acids is 1. The molecule has 0 radical (unpaired) electrons. The Morgan fingerprint density at radius 2 is 1.91 bits per heavy atom. The van der Waals surface area contributed by atoms with Crippen LogP contribution in [0.1, 0.15) is 41.0 Å². The summed E-state index contributed by atoms with van der Waals surface area (Å²) in [5, 5.41) is 12.3. The Morgan fingerprint density at radius 3 is 2.36 bits per heavy atom. The van der Waals surface area contributed by atoms with Crippen LogP contribution in [0.2, 0.25) is 0 Å². The van der Waals surface area contributed by atoms with Crippen LogP contribution in [0.25, 0.3) is 0 Å². The van der Waals surface area contributed by atoms with E-state index < -0.39 is 17.4 Å². The van der Waals surface area contributed by atoms with Gasteiger partial charge in [-0.05, 0) is 18.9 Å². The summed E-state index contributed by atoms with van der Waals surface area (Å²) in [4.78, 5) is 28.3. The highest BCUT2D eigenvalue weighted by Gasteiger charge is 2.41. The van der Waals surface area contributed by atoms with Gasteiger partial charge in [0.05, 0.1) is 5.69 Å². The SMILES string of the molecule is CCC(NC(=O)c1oc(C)nc1C)(C(=O)O)c1ccccc1. The molecule has 1 atom stereocenters. The smallest absolute Gasteiger partial charge is 0.334 e. The molecule has 0 spiro atoms. The van der Waals surface area contributed by atoms with E-state index in [1.165, 1.54) is 0 Å². The van der Waals surface area contributed by atoms with Crippen LogP contribution in [-0.2, 0) is 10.3 Å². The van der Waals surface area contributed by atoms with E-state index in [1.807, 2.05) is 0 Å². The van der Waals surface area contributed by atoms with Crippen LogP contribution < -0.4 is 5.32 Å². The molecule has 0 aliphatic carbocycles. The van der Waals surface area contributed by atoms with Gasteiger partial charge in [0.1, 0.15) is 0 Å². The Balaban J connectivity index is 2.42. The zero-order valence-corrected chi connectivity index (χ0v) is 12.7. The lowest BCUT2D eigenvalue weighted by molar-refractivity contribution is -0.145. The van der Waals surface area contributed by atoms with E-state index in [-0.39, 0.29) is 12.2 Å². The lowest BCUT2D eigenvalue weighted by Crippen LogP contribution is -2.51. The number of oxazole rings is 1. The molecule has 1 aromatic carbocycles. The van der Waals surface area contributed by atoms with Gasteiger partial charge in [-0.3, -0.25) is 4.79 Å². The summed E-state index contributed by atoms with van der Waals surface area (Å²) in [5.74, 6) is -1.32. The number of aromatic nitrogens is 1. The fraction of sp³-hybridized carbons (Fsp3) is 0.312. The largest absolute Gasteiger partial charge is 0.479 e. The first kappa shape index (κ1) is 15.8. The average Bonchev–Trinajstić information content (AvgIpc) is 2.84. The molecule has 22 heavy (non-hydrogen) atoms. The van der Waals surface area contributed by atoms with Crippen LogP contribution in [0.15, 0.2) is 34.7 Å². The molecule has 0 saturated heterocycles. The van der Waals surface area contributed by atoms with Crippen LogP contribution in [-0.4, -0.2) is 22.0 Å². The van der Waals surface area contributed by atoms with Gasteiger partial charge in [0.25, 0.3) is 5.91 Å². The minimum absolute atomic E-state index is 0.0347. The highest BCUT2D eigenvalue weighted by molar-refractivity contribution is 5.96. The van der Waals surface area contributed by atoms with Crippen molar-refractivity contribution in [2.24, 2.45) is 0 Å². The topological polar surface area (TPSA) is 92.4 Å². The minimum Gasteiger partial charge on any atom is -0.479 e. The van der Waals surface area contributed by atoms with Gasteiger partial charge in [-0.15, -0.1) is 0 Å². The van der Waals surface area contributed by atoms with Gasteiger partial charge in [0.15, 0.2) is 11.4 Å². The van der Waals surface area contributed by atoms with E-state index in [4.69, 9.17) is 4.42 Å². The lowest BCUT2D eigenvalue weighted by Gasteiger charge is -2.29. The molecule has 0 aliphatic rings. The molecule has 2 rings (SSSR count). The van der Waals surface area contributed by atoms with Crippen molar-refractivity contribution >= 4 is 11.9 Å². The van der Waals surface area contributed by atoms with Gasteiger partial charge in [0.2, 0.25) is 5.76 Å². The summed E-state index contributed by atoms with van der Waals surface area (Å²) >= 11 is 0. The van der Waals surface area contributed by atoms with Gasteiger partial charge in [-0.2, -0.15) is 0 Å². The number of rotatable bonds is 5. The zero-order chi connectivity index (χ0) is 16.3. The second-order valence-corrected chi connectivity index (χ2v) is 5.03. The molecule has 1 aromatic heterocycles. The highest BCUT2D eigenvalue weighted by atomic mass is 16.4. The Hall–Kier alpha value is -2.63. The van der Waals surface area contributed by atoms with Gasteiger partial charge < -0.3 is 14.8 Å². The fourth-order valence-electron chi connectivity index (χ4n) is 2.41. The van der Waals surface area contributed by atoms with Gasteiger partial charge in [0, 0.05) is 6.92 Å². The summed E-state index contributed by atoms with van der Waals surface area (Å²) in [6, 6.07) is 8.61. The summed E-state index contributed by atoms with van der Waals surface area (Å²) in [6.07, 6.45) is 0.199. The molecule has 6 nitrogen and oxygen atoms in total. The number of hydrogen-bond donors (Lipinski definition) is 2. The summed E-state index contributed by atoms with van der Waals surface area (Å²) < 4.78 is 5.27. The number of nitrogens with zero attached hydrogens (tertiary/aromatic N) is 1. The van der Waals surface area contributed by atoms with Crippen molar-refractivity contribution in [3.63, 3.8) is 0 Å². The Labute approximate surface area is 128 Å². The van der Waals surface area contributed by atoms with Crippen molar-refractivity contribution in [1.29, 1.82) is 0 Å². The number of hydrogen-bond acceptors (Lipinski definition) is 4. The van der Waals surface area contributed by atoms with Crippen LogP contribution in [0, 0.1) is 13.8 Å². The number of aryl methyl sites for hydroxylation is 2. The molecule has 2 N–H and O–H groups in total. The second kappa shape index (κ2) is 6.01. The Morgan fingerprint density at radius 1 is 1.27 bits per heavy atom. The zero-order valence-electron chi connectivity index (χ0n) is 12.7. The molecule has 0 fully saturated rings. The van der Waals surface area contributed by atoms with Crippen molar-refractivity contribution in [2.75, 3.05) is 0 Å². The monoisotopic (exact) mass is 302 g/mol. The molecule has 0 aliphatic heterocycles. The maximum atomic E-state index is 12.4. The maximum absolute atomic E-state index is 12.4. The summed E-state index contributed by atoms with van der Waals surface area (Å²) in [7, 11) is 0. The van der Waals surface area contributed by atoms with Crippen molar-refractivity contribution in [2.45, 2.75) is 32.7 Å². The highest BCUT2D eigenvalue weighted by Crippen LogP contribution is 2.26. The fourth-order valence-corrected chi connectivity index (χ4v) is 2.41. The van der Waals surface area contributed by atoms with Crippen LogP contribution in [0.3, 0.4) is 0 Å². The molecular formula is C16H18N2O4. The third kappa shape index (κ3) is 2.72. The second-order valence-electron chi connectivity index (χ2n) is 5.03. The van der Waals surface area contributed by atoms with E-state index in [0.717, 1.165) is 0 Å². The van der Waals surface area contributed by atoms with E-state index >= 15 is 0 Å². The number of carbonyl (C=O) groups is 2. The number of benzene rings is 1. The number of amides is 1. The van der Waals surface area contributed by atoms with E-state index in [0.29, 0.717) is 17.1 Å². The minimum atomic E-state index is -1.51. The molecule has 0 bridgehead atoms. The Kier molecular flexibility index (Phi) is 4.30. The number of carbonyl (C=O) groups excluding carboxylic acids is 1. The predicted octanol–water partition coefficient (Wildman–Crippen LogP) is 2.41. The molecule has 1 heterocycles. The molecule has 1 unspecified atom stereocenters. The lowest BCUT2D eigenvalue weighted by atomic mass is 9.87. The number of nitrogens with one attached hydrogen (secondary N) is 1. The first-order valence-electron chi connectivity index (χ1n) is 6.96. The average molecular weight is 302 g/mol. The first-order chi connectivity index (χ1) is 10.4. The van der Waals surface area contributed by atoms with Crippen molar-refractivity contribution in [1.82, 2.24) is 10.3 Å². The third-order valence-electron chi connectivity index (χ3n) is 3.60. The Bertz CT molecular complexity index is 693. The maximum Gasteiger partial charge on any atom is 0.334 e. The summed E-state index contributed by atoms with van der Waals surface area (Å²) in [5.41, 5.74) is -0.573. The van der Waals surface area contributed by atoms with E-state index in [2.05, 4.69) is 10.3 Å². The van der Waals surface area contributed by atoms with E-state index in [9.17, 15) is 14.7 Å². The van der Waals surface area contributed by atoms with Crippen molar-refractivity contribution < 1.29 is 19.1 Å². The first-order valence-corrected chi connectivity index (χ1v) is 6.96. The van der Waals surface area contributed by atoms with Crippen molar-refractivity contribution in [3.8, 4) is 0 Å². The van der Waals surface area contributed by atoms with Crippen LogP contribution >= 0.6 is 0 Å². The number of carboxylic acids is 1. The van der Waals surface area contributed by atoms with Crippen molar-refractivity contribution in [3.05, 3.63) is 53.2 Å².